The van der Waals surface area contributed by atoms with Gasteiger partial charge in [-0.1, -0.05) is 0 Å². The number of hydrogen-bond acceptors (Lipinski definition) is 4. The molecule has 0 radical (unpaired) electrons. The van der Waals surface area contributed by atoms with Gasteiger partial charge in [-0.25, -0.2) is 0 Å². The fourth-order valence-corrected chi connectivity index (χ4v) is 2.68. The van der Waals surface area contributed by atoms with Crippen molar-refractivity contribution in [2.24, 2.45) is 0 Å². The van der Waals surface area contributed by atoms with Gasteiger partial charge in [-0.2, -0.15) is 0 Å². The summed E-state index contributed by atoms with van der Waals surface area (Å²) in [4.78, 5) is 27.4. The summed E-state index contributed by atoms with van der Waals surface area (Å²) in [6.07, 6.45) is 3.61. The number of aryl methyl sites for hydroxylation is 1. The highest BCUT2D eigenvalue weighted by Gasteiger charge is 2.25. The van der Waals surface area contributed by atoms with Crippen molar-refractivity contribution >= 4 is 17.4 Å². The van der Waals surface area contributed by atoms with Crippen LogP contribution in [0.5, 0.6) is 11.5 Å². The normalized spacial score (nSPS) is 13.6. The quantitative estimate of drug-likeness (QED) is 0.812. The Morgan fingerprint density at radius 3 is 2.91 bits per heavy atom. The largest absolute Gasteiger partial charge is 0.504 e. The Kier molecular flexibility index (Phi) is 3.58. The number of hydrogen-bond donors (Lipinski definition) is 3. The number of carbonyl (C=O) groups excluding carboxylic acids is 2. The second-order valence-electron chi connectivity index (χ2n) is 5.17. The number of anilines is 1. The van der Waals surface area contributed by atoms with Crippen molar-refractivity contribution in [2.75, 3.05) is 12.4 Å². The van der Waals surface area contributed by atoms with Crippen LogP contribution < -0.4 is 10.1 Å². The number of nitrogens with one attached hydrogen (secondary N) is 2. The Morgan fingerprint density at radius 2 is 2.18 bits per heavy atom. The second-order valence-corrected chi connectivity index (χ2v) is 5.17. The van der Waals surface area contributed by atoms with Crippen LogP contribution in [-0.2, 0) is 6.42 Å². The number of aromatic nitrogens is 1. The van der Waals surface area contributed by atoms with Gasteiger partial charge < -0.3 is 20.1 Å². The first-order valence-corrected chi connectivity index (χ1v) is 7.02. The van der Waals surface area contributed by atoms with Gasteiger partial charge in [-0.15, -0.1) is 0 Å². The van der Waals surface area contributed by atoms with E-state index in [1.807, 2.05) is 0 Å². The van der Waals surface area contributed by atoms with Crippen LogP contribution in [0, 0.1) is 0 Å². The zero-order valence-electron chi connectivity index (χ0n) is 12.1. The molecule has 0 atom stereocenters. The zero-order chi connectivity index (χ0) is 15.7. The molecule has 22 heavy (non-hydrogen) atoms. The standard InChI is InChI=1S/C16H16N2O4/c1-22-14-6-5-9(7-13(14)20)18-16(21)10-8-17-11-3-2-4-12(19)15(10)11/h5-8,17,20H,2-4H2,1H3,(H,18,21). The Balaban J connectivity index is 1.85. The molecule has 1 aromatic heterocycles. The number of phenolic OH excluding ortho intramolecular Hbond substituents is 1. The molecule has 3 rings (SSSR count). The Labute approximate surface area is 127 Å². The number of H-pyrrole nitrogens is 1. The minimum absolute atomic E-state index is 0.00905. The minimum Gasteiger partial charge on any atom is -0.504 e. The lowest BCUT2D eigenvalue weighted by Crippen LogP contribution is -2.17. The third-order valence-electron chi connectivity index (χ3n) is 3.75. The van der Waals surface area contributed by atoms with Gasteiger partial charge in [0.05, 0.1) is 18.2 Å². The van der Waals surface area contributed by atoms with Crippen LogP contribution in [0.1, 0.15) is 39.3 Å². The van der Waals surface area contributed by atoms with Crippen molar-refractivity contribution < 1.29 is 19.4 Å². The number of benzene rings is 1. The predicted octanol–water partition coefficient (Wildman–Crippen LogP) is 2.50. The minimum atomic E-state index is -0.377. The molecule has 0 saturated carbocycles. The number of amides is 1. The molecule has 0 spiro atoms. The van der Waals surface area contributed by atoms with Crippen molar-refractivity contribution in [3.05, 3.63) is 41.2 Å². The van der Waals surface area contributed by atoms with E-state index in [9.17, 15) is 14.7 Å². The molecule has 2 aromatic rings. The van der Waals surface area contributed by atoms with Crippen molar-refractivity contribution in [1.82, 2.24) is 4.98 Å². The molecule has 0 fully saturated rings. The van der Waals surface area contributed by atoms with Crippen LogP contribution in [0.3, 0.4) is 0 Å². The molecular formula is C16H16N2O4. The monoisotopic (exact) mass is 300 g/mol. The Hall–Kier alpha value is -2.76. The maximum Gasteiger partial charge on any atom is 0.257 e. The van der Waals surface area contributed by atoms with Gasteiger partial charge in [0.1, 0.15) is 0 Å². The fourth-order valence-electron chi connectivity index (χ4n) is 2.68. The van der Waals surface area contributed by atoms with E-state index in [0.29, 0.717) is 29.0 Å². The number of methoxy groups -OCH3 is 1. The number of ether oxygens (including phenoxy) is 1. The smallest absolute Gasteiger partial charge is 0.257 e. The van der Waals surface area contributed by atoms with Gasteiger partial charge in [0.25, 0.3) is 5.91 Å². The van der Waals surface area contributed by atoms with E-state index in [4.69, 9.17) is 4.74 Å². The predicted molar refractivity (Wildman–Crippen MR) is 80.7 cm³/mol. The maximum atomic E-state index is 12.4. The summed E-state index contributed by atoms with van der Waals surface area (Å²) in [7, 11) is 1.45. The summed E-state index contributed by atoms with van der Waals surface area (Å²) in [5.74, 6) is -0.123. The van der Waals surface area contributed by atoms with Crippen LogP contribution in [0.4, 0.5) is 5.69 Å². The molecule has 1 aliphatic carbocycles. The molecule has 6 nitrogen and oxygen atoms in total. The molecule has 1 heterocycles. The average molecular weight is 300 g/mol. The highest BCUT2D eigenvalue weighted by Crippen LogP contribution is 2.29. The third-order valence-corrected chi connectivity index (χ3v) is 3.75. The van der Waals surface area contributed by atoms with E-state index in [0.717, 1.165) is 18.5 Å². The molecule has 6 heteroatoms. The van der Waals surface area contributed by atoms with Gasteiger partial charge >= 0.3 is 0 Å². The fraction of sp³-hybridized carbons (Fsp3) is 0.250. The van der Waals surface area contributed by atoms with Gasteiger partial charge in [-0.3, -0.25) is 9.59 Å². The topological polar surface area (TPSA) is 91.4 Å². The Morgan fingerprint density at radius 1 is 1.36 bits per heavy atom. The molecular weight excluding hydrogens is 284 g/mol. The maximum absolute atomic E-state index is 12.4. The molecule has 1 amide bonds. The second kappa shape index (κ2) is 5.55. The van der Waals surface area contributed by atoms with E-state index < -0.39 is 0 Å². The van der Waals surface area contributed by atoms with E-state index in [1.54, 1.807) is 18.3 Å². The Bertz CT molecular complexity index is 749. The van der Waals surface area contributed by atoms with Crippen LogP contribution in [0.15, 0.2) is 24.4 Å². The van der Waals surface area contributed by atoms with Crippen LogP contribution in [-0.4, -0.2) is 28.9 Å². The lowest BCUT2D eigenvalue weighted by Gasteiger charge is -2.12. The van der Waals surface area contributed by atoms with E-state index in [2.05, 4.69) is 10.3 Å². The molecule has 3 N–H and O–H groups in total. The lowest BCUT2D eigenvalue weighted by molar-refractivity contribution is 0.0956. The van der Waals surface area contributed by atoms with Crippen molar-refractivity contribution in [3.63, 3.8) is 0 Å². The van der Waals surface area contributed by atoms with Crippen LogP contribution >= 0.6 is 0 Å². The molecule has 0 aliphatic heterocycles. The number of rotatable bonds is 3. The van der Waals surface area contributed by atoms with E-state index in [-0.39, 0.29) is 17.4 Å². The highest BCUT2D eigenvalue weighted by molar-refractivity contribution is 6.13. The molecule has 1 aliphatic rings. The summed E-state index contributed by atoms with van der Waals surface area (Å²) in [6.45, 7) is 0. The average Bonchev–Trinajstić information content (AvgIpc) is 2.93. The third kappa shape index (κ3) is 2.43. The first-order valence-electron chi connectivity index (χ1n) is 7.02. The number of phenols is 1. The summed E-state index contributed by atoms with van der Waals surface area (Å²) in [6, 6.07) is 4.58. The molecule has 0 saturated heterocycles. The molecule has 1 aromatic carbocycles. The van der Waals surface area contributed by atoms with E-state index >= 15 is 0 Å². The number of ketones is 1. The van der Waals surface area contributed by atoms with Crippen molar-refractivity contribution in [1.29, 1.82) is 0 Å². The van der Waals surface area contributed by atoms with Gasteiger partial charge in [0, 0.05) is 30.1 Å². The lowest BCUT2D eigenvalue weighted by atomic mass is 9.93. The number of Topliss-reactive ketones (excluding diaryl/α,β-unsaturated/α-hetero) is 1. The molecule has 114 valence electrons. The van der Waals surface area contributed by atoms with Gasteiger partial charge in [0.2, 0.25) is 0 Å². The van der Waals surface area contributed by atoms with Crippen LogP contribution in [0.25, 0.3) is 0 Å². The van der Waals surface area contributed by atoms with E-state index in [1.165, 1.54) is 13.2 Å². The van der Waals surface area contributed by atoms with Gasteiger partial charge in [0.15, 0.2) is 17.3 Å². The number of fused-ring (bicyclic) bond motifs is 1. The zero-order valence-corrected chi connectivity index (χ0v) is 12.1. The van der Waals surface area contributed by atoms with Crippen molar-refractivity contribution in [2.45, 2.75) is 19.3 Å². The first-order chi connectivity index (χ1) is 10.6. The number of aromatic amines is 1. The summed E-state index contributed by atoms with van der Waals surface area (Å²) in [5.41, 5.74) is 2.08. The molecule has 0 bridgehead atoms. The SMILES string of the molecule is COc1ccc(NC(=O)c2c[nH]c3c2C(=O)CCC3)cc1O. The van der Waals surface area contributed by atoms with Gasteiger partial charge in [-0.05, 0) is 25.0 Å². The number of aromatic hydroxyl groups is 1. The summed E-state index contributed by atoms with van der Waals surface area (Å²) < 4.78 is 4.95. The van der Waals surface area contributed by atoms with Crippen LogP contribution in [0.2, 0.25) is 0 Å². The van der Waals surface area contributed by atoms with Crippen molar-refractivity contribution in [3.8, 4) is 11.5 Å². The summed E-state index contributed by atoms with van der Waals surface area (Å²) >= 11 is 0. The summed E-state index contributed by atoms with van der Waals surface area (Å²) in [5, 5.41) is 12.4. The first kappa shape index (κ1) is 14.2. The highest BCUT2D eigenvalue weighted by atomic mass is 16.5. The molecule has 0 unspecified atom stereocenters. The number of carbonyl (C=O) groups is 2.